The number of carbonyl (C=O) groups is 1. The predicted molar refractivity (Wildman–Crippen MR) is 94.1 cm³/mol. The SMILES string of the molecule is O=C(Cc1ccc(Cl)c(C(F)(F)F)c1)Nc1nc(-c2ccccn2)cs1. The Morgan fingerprint density at radius 1 is 1.19 bits per heavy atom. The summed E-state index contributed by atoms with van der Waals surface area (Å²) >= 11 is 6.78. The number of nitrogens with one attached hydrogen (secondary N) is 1. The summed E-state index contributed by atoms with van der Waals surface area (Å²) in [6.45, 7) is 0. The van der Waals surface area contributed by atoms with Crippen molar-refractivity contribution in [1.29, 1.82) is 0 Å². The van der Waals surface area contributed by atoms with Crippen molar-refractivity contribution in [2.45, 2.75) is 12.6 Å². The molecule has 0 aliphatic carbocycles. The second-order valence-electron chi connectivity index (χ2n) is 5.29. The van der Waals surface area contributed by atoms with Gasteiger partial charge in [0.05, 0.1) is 22.7 Å². The number of anilines is 1. The van der Waals surface area contributed by atoms with Gasteiger partial charge < -0.3 is 5.32 Å². The maximum atomic E-state index is 12.9. The number of carbonyl (C=O) groups excluding carboxylic acids is 1. The second-order valence-corrected chi connectivity index (χ2v) is 6.56. The van der Waals surface area contributed by atoms with Crippen LogP contribution in [0.1, 0.15) is 11.1 Å². The highest BCUT2D eigenvalue weighted by atomic mass is 35.5. The molecule has 3 aromatic rings. The molecule has 0 spiro atoms. The van der Waals surface area contributed by atoms with Gasteiger partial charge in [0.25, 0.3) is 0 Å². The molecule has 3 rings (SSSR count). The standard InChI is InChI=1S/C17H11ClF3N3OS/c18-12-5-4-10(7-11(12)17(19,20)21)8-15(25)24-16-23-14(9-26-16)13-3-1-2-6-22-13/h1-7,9H,8H2,(H,23,24,25). The van der Waals surface area contributed by atoms with Gasteiger partial charge in [-0.3, -0.25) is 9.78 Å². The normalized spacial score (nSPS) is 11.4. The summed E-state index contributed by atoms with van der Waals surface area (Å²) in [7, 11) is 0. The Morgan fingerprint density at radius 2 is 2.00 bits per heavy atom. The molecule has 0 unspecified atom stereocenters. The quantitative estimate of drug-likeness (QED) is 0.669. The topological polar surface area (TPSA) is 54.9 Å². The van der Waals surface area contributed by atoms with Crippen LogP contribution in [0.2, 0.25) is 5.02 Å². The molecular formula is C17H11ClF3N3OS. The lowest BCUT2D eigenvalue weighted by Gasteiger charge is -2.10. The highest BCUT2D eigenvalue weighted by Gasteiger charge is 2.33. The molecule has 0 bridgehead atoms. The molecule has 0 radical (unpaired) electrons. The van der Waals surface area contributed by atoms with Crippen LogP contribution >= 0.6 is 22.9 Å². The fourth-order valence-corrected chi connectivity index (χ4v) is 3.16. The lowest BCUT2D eigenvalue weighted by atomic mass is 10.1. The van der Waals surface area contributed by atoms with E-state index in [9.17, 15) is 18.0 Å². The fraction of sp³-hybridized carbons (Fsp3) is 0.118. The van der Waals surface area contributed by atoms with Crippen LogP contribution in [-0.2, 0) is 17.4 Å². The average Bonchev–Trinajstić information content (AvgIpc) is 3.05. The van der Waals surface area contributed by atoms with Crippen LogP contribution < -0.4 is 5.32 Å². The molecule has 1 aromatic carbocycles. The molecule has 0 fully saturated rings. The lowest BCUT2D eigenvalue weighted by Crippen LogP contribution is -2.15. The van der Waals surface area contributed by atoms with Crippen molar-refractivity contribution >= 4 is 34.0 Å². The van der Waals surface area contributed by atoms with E-state index in [1.165, 1.54) is 17.4 Å². The van der Waals surface area contributed by atoms with E-state index < -0.39 is 22.7 Å². The first kappa shape index (κ1) is 18.3. The minimum atomic E-state index is -4.57. The van der Waals surface area contributed by atoms with E-state index in [0.29, 0.717) is 16.5 Å². The van der Waals surface area contributed by atoms with Crippen molar-refractivity contribution in [3.8, 4) is 11.4 Å². The van der Waals surface area contributed by atoms with Gasteiger partial charge in [-0.1, -0.05) is 23.7 Å². The molecule has 0 aliphatic heterocycles. The third-order valence-electron chi connectivity index (χ3n) is 3.38. The monoisotopic (exact) mass is 397 g/mol. The Bertz CT molecular complexity index is 929. The summed E-state index contributed by atoms with van der Waals surface area (Å²) in [5, 5.41) is 4.26. The Morgan fingerprint density at radius 3 is 2.69 bits per heavy atom. The summed E-state index contributed by atoms with van der Waals surface area (Å²) in [6.07, 6.45) is -3.17. The van der Waals surface area contributed by atoms with Gasteiger partial charge >= 0.3 is 6.18 Å². The third-order valence-corrected chi connectivity index (χ3v) is 4.47. The highest BCUT2D eigenvalue weighted by Crippen LogP contribution is 2.35. The van der Waals surface area contributed by atoms with Crippen molar-refractivity contribution in [3.05, 3.63) is 64.1 Å². The van der Waals surface area contributed by atoms with E-state index in [4.69, 9.17) is 11.6 Å². The van der Waals surface area contributed by atoms with Crippen LogP contribution in [0.5, 0.6) is 0 Å². The number of pyridine rings is 1. The van der Waals surface area contributed by atoms with Crippen molar-refractivity contribution in [2.75, 3.05) is 5.32 Å². The number of thiazole rings is 1. The Kier molecular flexibility index (Phi) is 5.24. The van der Waals surface area contributed by atoms with Crippen LogP contribution in [-0.4, -0.2) is 15.9 Å². The molecule has 134 valence electrons. The first-order valence-electron chi connectivity index (χ1n) is 7.35. The smallest absolute Gasteiger partial charge is 0.302 e. The molecule has 0 saturated heterocycles. The van der Waals surface area contributed by atoms with Gasteiger partial charge in [-0.15, -0.1) is 11.3 Å². The van der Waals surface area contributed by atoms with Crippen molar-refractivity contribution in [1.82, 2.24) is 9.97 Å². The maximum Gasteiger partial charge on any atom is 0.417 e. The van der Waals surface area contributed by atoms with E-state index in [-0.39, 0.29) is 12.0 Å². The molecule has 1 N–H and O–H groups in total. The third kappa shape index (κ3) is 4.39. The molecule has 2 heterocycles. The van der Waals surface area contributed by atoms with E-state index >= 15 is 0 Å². The largest absolute Gasteiger partial charge is 0.417 e. The summed E-state index contributed by atoms with van der Waals surface area (Å²) in [5.41, 5.74) is 0.519. The van der Waals surface area contributed by atoms with Crippen LogP contribution in [0.15, 0.2) is 48.0 Å². The maximum absolute atomic E-state index is 12.9. The van der Waals surface area contributed by atoms with Crippen LogP contribution in [0.3, 0.4) is 0 Å². The zero-order valence-electron chi connectivity index (χ0n) is 13.0. The number of aromatic nitrogens is 2. The minimum Gasteiger partial charge on any atom is -0.302 e. The van der Waals surface area contributed by atoms with Crippen LogP contribution in [0.4, 0.5) is 18.3 Å². The second kappa shape index (κ2) is 7.43. The Hall–Kier alpha value is -2.45. The van der Waals surface area contributed by atoms with Gasteiger partial charge in [-0.2, -0.15) is 13.2 Å². The first-order chi connectivity index (χ1) is 12.3. The number of hydrogen-bond donors (Lipinski definition) is 1. The van der Waals surface area contributed by atoms with E-state index in [2.05, 4.69) is 15.3 Å². The Balaban J connectivity index is 1.69. The minimum absolute atomic E-state index is 0.209. The number of benzene rings is 1. The van der Waals surface area contributed by atoms with E-state index in [0.717, 1.165) is 12.1 Å². The zero-order chi connectivity index (χ0) is 18.7. The van der Waals surface area contributed by atoms with E-state index in [1.54, 1.807) is 23.7 Å². The molecule has 26 heavy (non-hydrogen) atoms. The number of nitrogens with zero attached hydrogens (tertiary/aromatic N) is 2. The lowest BCUT2D eigenvalue weighted by molar-refractivity contribution is -0.137. The average molecular weight is 398 g/mol. The van der Waals surface area contributed by atoms with E-state index in [1.807, 2.05) is 6.07 Å². The number of amides is 1. The molecule has 2 aromatic heterocycles. The van der Waals surface area contributed by atoms with Crippen LogP contribution in [0.25, 0.3) is 11.4 Å². The summed E-state index contributed by atoms with van der Waals surface area (Å²) in [6, 6.07) is 8.78. The summed E-state index contributed by atoms with van der Waals surface area (Å²) in [5.74, 6) is -0.470. The summed E-state index contributed by atoms with van der Waals surface area (Å²) in [4.78, 5) is 20.5. The first-order valence-corrected chi connectivity index (χ1v) is 8.61. The van der Waals surface area contributed by atoms with Crippen LogP contribution in [0, 0.1) is 0 Å². The highest BCUT2D eigenvalue weighted by molar-refractivity contribution is 7.14. The van der Waals surface area contributed by atoms with Crippen molar-refractivity contribution in [2.24, 2.45) is 0 Å². The molecule has 0 atom stereocenters. The molecule has 0 saturated carbocycles. The van der Waals surface area contributed by atoms with Gasteiger partial charge in [-0.25, -0.2) is 4.98 Å². The number of halogens is 4. The summed E-state index contributed by atoms with van der Waals surface area (Å²) < 4.78 is 38.6. The van der Waals surface area contributed by atoms with Crippen molar-refractivity contribution in [3.63, 3.8) is 0 Å². The Labute approximate surface area is 155 Å². The van der Waals surface area contributed by atoms with Gasteiger partial charge in [0.2, 0.25) is 5.91 Å². The molecular weight excluding hydrogens is 387 g/mol. The van der Waals surface area contributed by atoms with Gasteiger partial charge in [-0.05, 0) is 29.8 Å². The molecule has 1 amide bonds. The number of hydrogen-bond acceptors (Lipinski definition) is 4. The fourth-order valence-electron chi connectivity index (χ4n) is 2.21. The number of alkyl halides is 3. The molecule has 0 aliphatic rings. The van der Waals surface area contributed by atoms with Gasteiger partial charge in [0.15, 0.2) is 5.13 Å². The number of rotatable bonds is 4. The van der Waals surface area contributed by atoms with Crippen molar-refractivity contribution < 1.29 is 18.0 Å². The van der Waals surface area contributed by atoms with Gasteiger partial charge in [0.1, 0.15) is 5.69 Å². The molecule has 4 nitrogen and oxygen atoms in total. The molecule has 9 heteroatoms. The van der Waals surface area contributed by atoms with Gasteiger partial charge in [0, 0.05) is 11.6 Å². The zero-order valence-corrected chi connectivity index (χ0v) is 14.6. The predicted octanol–water partition coefficient (Wildman–Crippen LogP) is 5.06.